The van der Waals surface area contributed by atoms with E-state index in [1.165, 1.54) is 6.92 Å². The molecular formula is C24H18BrN3O5S2. The Bertz CT molecular complexity index is 1290. The average Bonchev–Trinajstić information content (AvgIpc) is 3.23. The van der Waals surface area contributed by atoms with Crippen LogP contribution in [-0.2, 0) is 14.4 Å². The molecule has 2 aliphatic heterocycles. The van der Waals surface area contributed by atoms with E-state index < -0.39 is 22.3 Å². The highest BCUT2D eigenvalue weighted by molar-refractivity contribution is 9.10. The molecule has 0 spiro atoms. The third kappa shape index (κ3) is 5.92. The lowest BCUT2D eigenvalue weighted by Gasteiger charge is -2.17. The summed E-state index contributed by atoms with van der Waals surface area (Å²) in [7, 11) is 0. The second kappa shape index (κ2) is 10.6. The number of nitrogens with zero attached hydrogens (tertiary/aromatic N) is 2. The molecule has 2 fully saturated rings. The number of benzene rings is 2. The van der Waals surface area contributed by atoms with Gasteiger partial charge in [0.15, 0.2) is 0 Å². The molecule has 2 aromatic carbocycles. The van der Waals surface area contributed by atoms with Crippen molar-refractivity contribution >= 4 is 85.5 Å². The Morgan fingerprint density at radius 1 is 0.800 bits per heavy atom. The number of rotatable bonds is 6. The van der Waals surface area contributed by atoms with Crippen LogP contribution in [0.1, 0.15) is 18.1 Å². The lowest BCUT2D eigenvalue weighted by atomic mass is 10.2. The summed E-state index contributed by atoms with van der Waals surface area (Å²) < 4.78 is 0.899. The quantitative estimate of drug-likeness (QED) is 0.476. The lowest BCUT2D eigenvalue weighted by molar-refractivity contribution is -0.125. The van der Waals surface area contributed by atoms with E-state index in [1.807, 2.05) is 24.3 Å². The second-order valence-corrected chi connectivity index (χ2v) is 10.4. The van der Waals surface area contributed by atoms with Crippen LogP contribution in [-0.4, -0.2) is 51.1 Å². The van der Waals surface area contributed by atoms with E-state index in [4.69, 9.17) is 0 Å². The Morgan fingerprint density at radius 3 is 1.66 bits per heavy atom. The van der Waals surface area contributed by atoms with Gasteiger partial charge in [0.1, 0.15) is 0 Å². The van der Waals surface area contributed by atoms with Crippen LogP contribution >= 0.6 is 39.5 Å². The maximum absolute atomic E-state index is 12.8. The number of anilines is 1. The van der Waals surface area contributed by atoms with Crippen molar-refractivity contribution in [3.8, 4) is 0 Å². The van der Waals surface area contributed by atoms with Crippen LogP contribution in [0.15, 0.2) is 62.8 Å². The van der Waals surface area contributed by atoms with Crippen molar-refractivity contribution in [2.45, 2.75) is 6.92 Å². The minimum absolute atomic E-state index is 0.0842. The number of nitrogens with one attached hydrogen (secondary N) is 1. The van der Waals surface area contributed by atoms with Gasteiger partial charge in [-0.15, -0.1) is 0 Å². The molecule has 0 aromatic heterocycles. The van der Waals surface area contributed by atoms with E-state index in [2.05, 4.69) is 21.2 Å². The minimum Gasteiger partial charge on any atom is -0.326 e. The highest BCUT2D eigenvalue weighted by Gasteiger charge is 2.39. The second-order valence-electron chi connectivity index (χ2n) is 7.52. The molecule has 8 nitrogen and oxygen atoms in total. The highest BCUT2D eigenvalue weighted by Crippen LogP contribution is 2.34. The van der Waals surface area contributed by atoms with E-state index in [1.54, 1.807) is 36.4 Å². The summed E-state index contributed by atoms with van der Waals surface area (Å²) in [5.74, 6) is -1.13. The Labute approximate surface area is 217 Å². The molecule has 2 heterocycles. The summed E-state index contributed by atoms with van der Waals surface area (Å²) in [5.41, 5.74) is 2.09. The molecule has 0 saturated carbocycles. The van der Waals surface area contributed by atoms with Crippen molar-refractivity contribution in [2.75, 3.05) is 18.4 Å². The Balaban J connectivity index is 1.40. The number of amides is 5. The monoisotopic (exact) mass is 571 g/mol. The fourth-order valence-electron chi connectivity index (χ4n) is 3.31. The standard InChI is InChI=1S/C24H18BrN3O5S2/c1-14(29)26-18-8-4-16(5-9-18)13-20-22(31)28(24(33)35-20)11-10-27-21(30)19(34-23(27)32)12-15-2-6-17(25)7-3-15/h2-9,12-13H,10-11H2,1H3,(H,26,29)/b19-12-,20-13+. The lowest BCUT2D eigenvalue weighted by Crippen LogP contribution is -2.39. The summed E-state index contributed by atoms with van der Waals surface area (Å²) in [6.45, 7) is 1.23. The van der Waals surface area contributed by atoms with Gasteiger partial charge >= 0.3 is 0 Å². The molecule has 4 rings (SSSR count). The third-order valence-corrected chi connectivity index (χ3v) is 7.33. The van der Waals surface area contributed by atoms with E-state index in [0.717, 1.165) is 43.4 Å². The molecule has 1 N–H and O–H groups in total. The van der Waals surface area contributed by atoms with Crippen LogP contribution in [0.4, 0.5) is 15.3 Å². The van der Waals surface area contributed by atoms with Gasteiger partial charge in [0.2, 0.25) is 5.91 Å². The van der Waals surface area contributed by atoms with Gasteiger partial charge in [-0.3, -0.25) is 33.8 Å². The van der Waals surface area contributed by atoms with Crippen molar-refractivity contribution in [2.24, 2.45) is 0 Å². The Kier molecular flexibility index (Phi) is 7.58. The number of halogens is 1. The number of imide groups is 2. The van der Waals surface area contributed by atoms with Crippen molar-refractivity contribution < 1.29 is 24.0 Å². The van der Waals surface area contributed by atoms with Gasteiger partial charge < -0.3 is 5.32 Å². The normalized spacial score (nSPS) is 18.3. The molecular weight excluding hydrogens is 554 g/mol. The number of carbonyl (C=O) groups excluding carboxylic acids is 5. The van der Waals surface area contributed by atoms with Crippen molar-refractivity contribution in [3.05, 3.63) is 73.9 Å². The maximum Gasteiger partial charge on any atom is 0.293 e. The molecule has 0 bridgehead atoms. The number of carbonyl (C=O) groups is 5. The number of thioether (sulfide) groups is 2. The van der Waals surface area contributed by atoms with Gasteiger partial charge in [-0.2, -0.15) is 0 Å². The molecule has 11 heteroatoms. The summed E-state index contributed by atoms with van der Waals surface area (Å²) in [6, 6.07) is 14.1. The molecule has 0 unspecified atom stereocenters. The molecule has 2 aromatic rings. The highest BCUT2D eigenvalue weighted by atomic mass is 79.9. The molecule has 0 atom stereocenters. The molecule has 5 amide bonds. The fraction of sp³-hybridized carbons (Fsp3) is 0.125. The largest absolute Gasteiger partial charge is 0.326 e. The van der Waals surface area contributed by atoms with Gasteiger partial charge in [0.25, 0.3) is 22.3 Å². The summed E-state index contributed by atoms with van der Waals surface area (Å²) >= 11 is 4.98. The SMILES string of the molecule is CC(=O)Nc1ccc(/C=C2/SC(=O)N(CCN3C(=O)S/C(=C\c4ccc(Br)cc4)C3=O)C2=O)cc1. The molecule has 0 radical (unpaired) electrons. The zero-order chi connectivity index (χ0) is 25.1. The fourth-order valence-corrected chi connectivity index (χ4v) is 5.31. The Hall–Kier alpha value is -3.15. The molecule has 178 valence electrons. The first kappa shape index (κ1) is 25.0. The molecule has 35 heavy (non-hydrogen) atoms. The smallest absolute Gasteiger partial charge is 0.293 e. The van der Waals surface area contributed by atoms with Crippen molar-refractivity contribution in [1.82, 2.24) is 9.80 Å². The van der Waals surface area contributed by atoms with E-state index >= 15 is 0 Å². The van der Waals surface area contributed by atoms with Gasteiger partial charge in [-0.1, -0.05) is 40.2 Å². The molecule has 2 saturated heterocycles. The zero-order valence-electron chi connectivity index (χ0n) is 18.3. The van der Waals surface area contributed by atoms with E-state index in [9.17, 15) is 24.0 Å². The average molecular weight is 572 g/mol. The molecule has 0 aliphatic carbocycles. The minimum atomic E-state index is -0.483. The number of hydrogen-bond acceptors (Lipinski definition) is 7. The van der Waals surface area contributed by atoms with Gasteiger partial charge in [-0.25, -0.2) is 0 Å². The van der Waals surface area contributed by atoms with Crippen LogP contribution in [0.3, 0.4) is 0 Å². The van der Waals surface area contributed by atoms with E-state index in [-0.39, 0.29) is 28.8 Å². The topological polar surface area (TPSA) is 104 Å². The van der Waals surface area contributed by atoms with Crippen molar-refractivity contribution in [3.63, 3.8) is 0 Å². The van der Waals surface area contributed by atoms with Crippen LogP contribution in [0.2, 0.25) is 0 Å². The third-order valence-electron chi connectivity index (χ3n) is 4.99. The maximum atomic E-state index is 12.8. The first-order valence-electron chi connectivity index (χ1n) is 10.4. The first-order valence-corrected chi connectivity index (χ1v) is 12.8. The summed E-state index contributed by atoms with van der Waals surface area (Å²) in [5, 5.41) is 1.75. The van der Waals surface area contributed by atoms with Crippen LogP contribution in [0.25, 0.3) is 12.2 Å². The van der Waals surface area contributed by atoms with Crippen LogP contribution in [0.5, 0.6) is 0 Å². The first-order chi connectivity index (χ1) is 16.7. The van der Waals surface area contributed by atoms with Crippen molar-refractivity contribution in [1.29, 1.82) is 0 Å². The van der Waals surface area contributed by atoms with Crippen LogP contribution < -0.4 is 5.32 Å². The number of hydrogen-bond donors (Lipinski definition) is 1. The summed E-state index contributed by atoms with van der Waals surface area (Å²) in [6.07, 6.45) is 3.22. The Morgan fingerprint density at radius 2 is 1.23 bits per heavy atom. The summed E-state index contributed by atoms with van der Waals surface area (Å²) in [4.78, 5) is 64.1. The van der Waals surface area contributed by atoms with Gasteiger partial charge in [-0.05, 0) is 71.1 Å². The zero-order valence-corrected chi connectivity index (χ0v) is 21.5. The van der Waals surface area contributed by atoms with Gasteiger partial charge in [0.05, 0.1) is 9.81 Å². The predicted octanol–water partition coefficient (Wildman–Crippen LogP) is 5.18. The molecule has 2 aliphatic rings. The predicted molar refractivity (Wildman–Crippen MR) is 140 cm³/mol. The van der Waals surface area contributed by atoms with Crippen LogP contribution in [0, 0.1) is 0 Å². The van der Waals surface area contributed by atoms with E-state index in [0.29, 0.717) is 11.3 Å². The van der Waals surface area contributed by atoms with Gasteiger partial charge in [0, 0.05) is 30.2 Å².